The van der Waals surface area contributed by atoms with Crippen molar-refractivity contribution in [2.45, 2.75) is 18.5 Å². The van der Waals surface area contributed by atoms with Crippen LogP contribution in [0, 0.1) is 6.92 Å². The molecule has 0 aliphatic heterocycles. The average Bonchev–Trinajstić information content (AvgIpc) is 2.74. The lowest BCUT2D eigenvalue weighted by Gasteiger charge is -2.08. The molecule has 2 rings (SSSR count). The number of benzene rings is 1. The predicted molar refractivity (Wildman–Crippen MR) is 83.4 cm³/mol. The van der Waals surface area contributed by atoms with Crippen molar-refractivity contribution >= 4 is 29.0 Å². The molecule has 0 spiro atoms. The fourth-order valence-electron chi connectivity index (χ4n) is 1.74. The summed E-state index contributed by atoms with van der Waals surface area (Å²) < 4.78 is 1.41. The molecule has 4 N–H and O–H groups in total. The predicted octanol–water partition coefficient (Wildman–Crippen LogP) is 1.12. The molecular formula is C13H17N5O2S. The second kappa shape index (κ2) is 6.49. The zero-order valence-corrected chi connectivity index (χ0v) is 12.7. The number of carbonyl (C=O) groups is 1. The summed E-state index contributed by atoms with van der Waals surface area (Å²) in [6, 6.07) is 5.34. The molecule has 0 saturated carbocycles. The van der Waals surface area contributed by atoms with Crippen LogP contribution in [-0.2, 0) is 11.8 Å². The van der Waals surface area contributed by atoms with Crippen LogP contribution < -0.4 is 16.7 Å². The summed E-state index contributed by atoms with van der Waals surface area (Å²) in [7, 11) is 1.63. The number of rotatable bonds is 5. The lowest BCUT2D eigenvalue weighted by Crippen LogP contribution is -2.14. The van der Waals surface area contributed by atoms with Gasteiger partial charge >= 0.3 is 5.69 Å². The van der Waals surface area contributed by atoms with Gasteiger partial charge in [0, 0.05) is 30.6 Å². The molecule has 8 heteroatoms. The molecule has 0 aliphatic carbocycles. The number of nitrogens with one attached hydrogen (secondary N) is 2. The first-order valence-electron chi connectivity index (χ1n) is 6.37. The monoisotopic (exact) mass is 307 g/mol. The van der Waals surface area contributed by atoms with E-state index in [2.05, 4.69) is 15.5 Å². The summed E-state index contributed by atoms with van der Waals surface area (Å²) in [4.78, 5) is 23.1. The summed E-state index contributed by atoms with van der Waals surface area (Å²) in [5, 5.41) is 9.62. The van der Waals surface area contributed by atoms with Crippen molar-refractivity contribution in [3.63, 3.8) is 0 Å². The Morgan fingerprint density at radius 1 is 1.52 bits per heavy atom. The average molecular weight is 307 g/mol. The number of aryl methyl sites for hydroxylation is 1. The molecule has 21 heavy (non-hydrogen) atoms. The standard InChI is InChI=1S/C13H17N5O2S/c1-8-7-9(14)3-4-10(8)15-11(19)5-6-21-13-17-16-12(20)18(13)2/h3-4,7H,5-6,14H2,1-2H3,(H,15,19)(H,16,20). The Morgan fingerprint density at radius 3 is 2.90 bits per heavy atom. The smallest absolute Gasteiger partial charge is 0.343 e. The van der Waals surface area contributed by atoms with E-state index in [0.29, 0.717) is 23.0 Å². The van der Waals surface area contributed by atoms with Crippen LogP contribution in [0.3, 0.4) is 0 Å². The van der Waals surface area contributed by atoms with E-state index < -0.39 is 0 Å². The van der Waals surface area contributed by atoms with Crippen molar-refractivity contribution in [2.75, 3.05) is 16.8 Å². The van der Waals surface area contributed by atoms with Crippen LogP contribution in [0.5, 0.6) is 0 Å². The molecule has 7 nitrogen and oxygen atoms in total. The van der Waals surface area contributed by atoms with Gasteiger partial charge < -0.3 is 11.1 Å². The van der Waals surface area contributed by atoms with Gasteiger partial charge in [0.15, 0.2) is 5.16 Å². The summed E-state index contributed by atoms with van der Waals surface area (Å²) in [6.07, 6.45) is 0.329. The molecule has 112 valence electrons. The zero-order valence-electron chi connectivity index (χ0n) is 11.8. The van der Waals surface area contributed by atoms with Crippen LogP contribution in [0.25, 0.3) is 0 Å². The molecule has 1 heterocycles. The summed E-state index contributed by atoms with van der Waals surface area (Å²) in [5.74, 6) is 0.453. The summed E-state index contributed by atoms with van der Waals surface area (Å²) in [5.41, 5.74) is 7.75. The first-order valence-corrected chi connectivity index (χ1v) is 7.36. The Labute approximate surface area is 125 Å². The largest absolute Gasteiger partial charge is 0.399 e. The Bertz CT molecular complexity index is 707. The number of carbonyl (C=O) groups excluding carboxylic acids is 1. The van der Waals surface area contributed by atoms with Gasteiger partial charge in [-0.05, 0) is 30.7 Å². The van der Waals surface area contributed by atoms with Crippen LogP contribution in [0.15, 0.2) is 28.2 Å². The van der Waals surface area contributed by atoms with Gasteiger partial charge in [0.1, 0.15) is 0 Å². The molecule has 0 radical (unpaired) electrons. The van der Waals surface area contributed by atoms with Gasteiger partial charge in [0.05, 0.1) is 0 Å². The molecule has 0 saturated heterocycles. The minimum atomic E-state index is -0.264. The van der Waals surface area contributed by atoms with Gasteiger partial charge in [0.25, 0.3) is 0 Å². The van der Waals surface area contributed by atoms with Crippen LogP contribution in [-0.4, -0.2) is 26.4 Å². The maximum atomic E-state index is 11.9. The van der Waals surface area contributed by atoms with E-state index in [4.69, 9.17) is 5.73 Å². The van der Waals surface area contributed by atoms with Crippen LogP contribution in [0.4, 0.5) is 11.4 Å². The van der Waals surface area contributed by atoms with E-state index in [1.54, 1.807) is 19.2 Å². The maximum Gasteiger partial charge on any atom is 0.343 e. The third-order valence-corrected chi connectivity index (χ3v) is 3.96. The number of anilines is 2. The van der Waals surface area contributed by atoms with Gasteiger partial charge in [-0.3, -0.25) is 9.36 Å². The normalized spacial score (nSPS) is 10.6. The highest BCUT2D eigenvalue weighted by molar-refractivity contribution is 7.99. The van der Waals surface area contributed by atoms with Crippen molar-refractivity contribution in [3.05, 3.63) is 34.2 Å². The van der Waals surface area contributed by atoms with Gasteiger partial charge in [-0.2, -0.15) is 0 Å². The molecule has 2 aromatic rings. The van der Waals surface area contributed by atoms with E-state index in [0.717, 1.165) is 11.3 Å². The number of nitrogens with zero attached hydrogens (tertiary/aromatic N) is 2. The molecular weight excluding hydrogens is 290 g/mol. The van der Waals surface area contributed by atoms with Gasteiger partial charge in [-0.15, -0.1) is 5.10 Å². The second-order valence-electron chi connectivity index (χ2n) is 4.59. The molecule has 0 atom stereocenters. The van der Waals surface area contributed by atoms with Crippen molar-refractivity contribution in [1.29, 1.82) is 0 Å². The van der Waals surface area contributed by atoms with Crippen LogP contribution in [0.1, 0.15) is 12.0 Å². The maximum absolute atomic E-state index is 11.9. The summed E-state index contributed by atoms with van der Waals surface area (Å²) in [6.45, 7) is 1.89. The molecule has 1 aromatic carbocycles. The molecule has 0 fully saturated rings. The van der Waals surface area contributed by atoms with E-state index in [1.807, 2.05) is 13.0 Å². The van der Waals surface area contributed by atoms with Crippen molar-refractivity contribution in [1.82, 2.24) is 14.8 Å². The van der Waals surface area contributed by atoms with Crippen molar-refractivity contribution < 1.29 is 4.79 Å². The number of hydrogen-bond acceptors (Lipinski definition) is 5. The highest BCUT2D eigenvalue weighted by atomic mass is 32.2. The molecule has 0 aliphatic rings. The number of hydrogen-bond donors (Lipinski definition) is 3. The summed E-state index contributed by atoms with van der Waals surface area (Å²) >= 11 is 1.35. The number of aromatic nitrogens is 3. The SMILES string of the molecule is Cc1cc(N)ccc1NC(=O)CCSc1n[nH]c(=O)n1C. The lowest BCUT2D eigenvalue weighted by atomic mass is 10.2. The molecule has 0 unspecified atom stereocenters. The lowest BCUT2D eigenvalue weighted by molar-refractivity contribution is -0.115. The van der Waals surface area contributed by atoms with E-state index in [9.17, 15) is 9.59 Å². The number of nitrogens with two attached hydrogens (primary N) is 1. The minimum absolute atomic E-state index is 0.0871. The highest BCUT2D eigenvalue weighted by Gasteiger charge is 2.08. The Hall–Kier alpha value is -2.22. The van der Waals surface area contributed by atoms with Gasteiger partial charge in [-0.25, -0.2) is 9.89 Å². The quantitative estimate of drug-likeness (QED) is 0.567. The Kier molecular flexibility index (Phi) is 4.69. The molecule has 1 aromatic heterocycles. The van der Waals surface area contributed by atoms with Crippen molar-refractivity contribution in [2.24, 2.45) is 7.05 Å². The van der Waals surface area contributed by atoms with Gasteiger partial charge in [-0.1, -0.05) is 11.8 Å². The first kappa shape index (κ1) is 15.2. The number of amides is 1. The van der Waals surface area contributed by atoms with Crippen LogP contribution in [0.2, 0.25) is 0 Å². The number of nitrogen functional groups attached to an aromatic ring is 1. The molecule has 1 amide bonds. The number of H-pyrrole nitrogens is 1. The van der Waals surface area contributed by atoms with E-state index >= 15 is 0 Å². The van der Waals surface area contributed by atoms with Crippen molar-refractivity contribution in [3.8, 4) is 0 Å². The highest BCUT2D eigenvalue weighted by Crippen LogP contribution is 2.18. The Morgan fingerprint density at radius 2 is 2.29 bits per heavy atom. The minimum Gasteiger partial charge on any atom is -0.399 e. The third kappa shape index (κ3) is 3.88. The van der Waals surface area contributed by atoms with E-state index in [1.165, 1.54) is 16.3 Å². The number of thioether (sulfide) groups is 1. The topological polar surface area (TPSA) is 106 Å². The van der Waals surface area contributed by atoms with Crippen LogP contribution >= 0.6 is 11.8 Å². The fourth-order valence-corrected chi connectivity index (χ4v) is 2.59. The zero-order chi connectivity index (χ0) is 15.4. The Balaban J connectivity index is 1.85. The second-order valence-corrected chi connectivity index (χ2v) is 5.65. The third-order valence-electron chi connectivity index (χ3n) is 2.92. The molecule has 0 bridgehead atoms. The fraction of sp³-hybridized carbons (Fsp3) is 0.308. The van der Waals surface area contributed by atoms with E-state index in [-0.39, 0.29) is 11.6 Å². The van der Waals surface area contributed by atoms with Gasteiger partial charge in [0.2, 0.25) is 5.91 Å². The number of aromatic amines is 1. The first-order chi connectivity index (χ1) is 9.97.